The molecule has 0 unspecified atom stereocenters. The molecule has 104 valence electrons. The molecule has 0 saturated heterocycles. The first kappa shape index (κ1) is 14.1. The minimum Gasteiger partial charge on any atom is -0.348 e. The maximum absolute atomic E-state index is 3.51. The van der Waals surface area contributed by atoms with Crippen LogP contribution in [0.3, 0.4) is 0 Å². The number of benzene rings is 1. The van der Waals surface area contributed by atoms with Crippen molar-refractivity contribution in [3.63, 3.8) is 0 Å². The fraction of sp³-hybridized carbons (Fsp3) is 0.529. The molecular formula is C17H26N2. The van der Waals surface area contributed by atoms with Crippen LogP contribution >= 0.6 is 0 Å². The third-order valence-corrected chi connectivity index (χ3v) is 4.02. The van der Waals surface area contributed by atoms with Gasteiger partial charge in [0.25, 0.3) is 0 Å². The molecule has 0 aliphatic rings. The standard InChI is InChI=1S/C17H26N2/c1-6-14-7-8-17-16(11-14)15(13(4)19(17)5)9-10-18-12(2)3/h7-8,11-12,18H,6,9-10H2,1-5H3. The van der Waals surface area contributed by atoms with Gasteiger partial charge in [-0.3, -0.25) is 0 Å². The SMILES string of the molecule is CCc1ccc2c(c1)c(CCNC(C)C)c(C)n2C. The Morgan fingerprint density at radius 3 is 2.63 bits per heavy atom. The Balaban J connectivity index is 2.37. The number of aryl methyl sites for hydroxylation is 2. The lowest BCUT2D eigenvalue weighted by atomic mass is 10.0. The highest BCUT2D eigenvalue weighted by atomic mass is 14.9. The molecule has 0 amide bonds. The molecule has 2 rings (SSSR count). The molecule has 0 saturated carbocycles. The Morgan fingerprint density at radius 2 is 2.00 bits per heavy atom. The molecule has 0 radical (unpaired) electrons. The van der Waals surface area contributed by atoms with E-state index in [1.807, 2.05) is 0 Å². The van der Waals surface area contributed by atoms with Crippen molar-refractivity contribution in [1.29, 1.82) is 0 Å². The molecule has 0 aliphatic heterocycles. The Hall–Kier alpha value is -1.28. The molecule has 0 atom stereocenters. The number of aromatic nitrogens is 1. The molecule has 0 spiro atoms. The van der Waals surface area contributed by atoms with Gasteiger partial charge in [-0.1, -0.05) is 26.8 Å². The minimum absolute atomic E-state index is 0.557. The number of nitrogens with one attached hydrogen (secondary N) is 1. The summed E-state index contributed by atoms with van der Waals surface area (Å²) in [7, 11) is 2.17. The van der Waals surface area contributed by atoms with Crippen LogP contribution in [0, 0.1) is 6.92 Å². The summed E-state index contributed by atoms with van der Waals surface area (Å²) in [5, 5.41) is 4.95. The van der Waals surface area contributed by atoms with Crippen molar-refractivity contribution in [2.24, 2.45) is 7.05 Å². The molecule has 1 aromatic carbocycles. The average Bonchev–Trinajstić information content (AvgIpc) is 2.63. The van der Waals surface area contributed by atoms with Crippen molar-refractivity contribution in [3.05, 3.63) is 35.0 Å². The largest absolute Gasteiger partial charge is 0.348 e. The monoisotopic (exact) mass is 258 g/mol. The van der Waals surface area contributed by atoms with Gasteiger partial charge in [-0.15, -0.1) is 0 Å². The van der Waals surface area contributed by atoms with Crippen LogP contribution in [0.15, 0.2) is 18.2 Å². The van der Waals surface area contributed by atoms with Gasteiger partial charge in [0.05, 0.1) is 0 Å². The lowest BCUT2D eigenvalue weighted by Crippen LogP contribution is -2.25. The van der Waals surface area contributed by atoms with Gasteiger partial charge in [0.2, 0.25) is 0 Å². The van der Waals surface area contributed by atoms with Crippen LogP contribution < -0.4 is 5.32 Å². The van der Waals surface area contributed by atoms with Gasteiger partial charge in [0.1, 0.15) is 0 Å². The Kier molecular flexibility index (Phi) is 4.31. The summed E-state index contributed by atoms with van der Waals surface area (Å²) in [6.07, 6.45) is 2.21. The van der Waals surface area contributed by atoms with Crippen LogP contribution in [0.25, 0.3) is 10.9 Å². The fourth-order valence-corrected chi connectivity index (χ4v) is 2.72. The summed E-state index contributed by atoms with van der Waals surface area (Å²) < 4.78 is 2.32. The second kappa shape index (κ2) is 5.79. The van der Waals surface area contributed by atoms with E-state index in [4.69, 9.17) is 0 Å². The normalized spacial score (nSPS) is 11.7. The van der Waals surface area contributed by atoms with E-state index in [9.17, 15) is 0 Å². The number of fused-ring (bicyclic) bond motifs is 1. The van der Waals surface area contributed by atoms with Crippen molar-refractivity contribution in [2.75, 3.05) is 6.54 Å². The van der Waals surface area contributed by atoms with E-state index in [0.717, 1.165) is 19.4 Å². The Morgan fingerprint density at radius 1 is 1.26 bits per heavy atom. The first-order valence-corrected chi connectivity index (χ1v) is 7.34. The second-order valence-electron chi connectivity index (χ2n) is 5.69. The molecular weight excluding hydrogens is 232 g/mol. The van der Waals surface area contributed by atoms with E-state index in [1.165, 1.54) is 27.7 Å². The first-order chi connectivity index (χ1) is 9.04. The van der Waals surface area contributed by atoms with Gasteiger partial charge in [0.15, 0.2) is 0 Å². The molecule has 0 bridgehead atoms. The van der Waals surface area contributed by atoms with Crippen LogP contribution in [0.2, 0.25) is 0 Å². The minimum atomic E-state index is 0.557. The number of hydrogen-bond acceptors (Lipinski definition) is 1. The van der Waals surface area contributed by atoms with E-state index in [2.05, 4.69) is 62.8 Å². The maximum atomic E-state index is 3.51. The van der Waals surface area contributed by atoms with Crippen molar-refractivity contribution < 1.29 is 0 Å². The quantitative estimate of drug-likeness (QED) is 0.867. The van der Waals surface area contributed by atoms with Crippen LogP contribution in [0.5, 0.6) is 0 Å². The number of hydrogen-bond donors (Lipinski definition) is 1. The van der Waals surface area contributed by atoms with Crippen molar-refractivity contribution in [1.82, 2.24) is 9.88 Å². The van der Waals surface area contributed by atoms with Crippen LogP contribution in [-0.2, 0) is 19.9 Å². The zero-order valence-corrected chi connectivity index (χ0v) is 12.9. The van der Waals surface area contributed by atoms with Crippen LogP contribution in [0.1, 0.15) is 37.6 Å². The first-order valence-electron chi connectivity index (χ1n) is 7.34. The number of rotatable bonds is 5. The molecule has 0 aliphatic carbocycles. The molecule has 0 fully saturated rings. The topological polar surface area (TPSA) is 17.0 Å². The van der Waals surface area contributed by atoms with E-state index in [1.54, 1.807) is 0 Å². The van der Waals surface area contributed by atoms with Gasteiger partial charge in [-0.05, 0) is 49.6 Å². The smallest absolute Gasteiger partial charge is 0.0482 e. The van der Waals surface area contributed by atoms with Gasteiger partial charge >= 0.3 is 0 Å². The number of nitrogens with zero attached hydrogens (tertiary/aromatic N) is 1. The highest BCUT2D eigenvalue weighted by molar-refractivity contribution is 5.86. The van der Waals surface area contributed by atoms with Crippen molar-refractivity contribution >= 4 is 10.9 Å². The predicted octanol–water partition coefficient (Wildman–Crippen LogP) is 3.59. The second-order valence-corrected chi connectivity index (χ2v) is 5.69. The summed E-state index contributed by atoms with van der Waals surface area (Å²) in [6, 6.07) is 7.44. The maximum Gasteiger partial charge on any atom is 0.0482 e. The predicted molar refractivity (Wildman–Crippen MR) is 83.9 cm³/mol. The summed E-state index contributed by atoms with van der Waals surface area (Å²) in [5.41, 5.74) is 5.68. The van der Waals surface area contributed by atoms with Crippen molar-refractivity contribution in [3.8, 4) is 0 Å². The molecule has 2 heteroatoms. The van der Waals surface area contributed by atoms with E-state index < -0.39 is 0 Å². The van der Waals surface area contributed by atoms with Gasteiger partial charge in [0, 0.05) is 29.7 Å². The van der Waals surface area contributed by atoms with Gasteiger partial charge < -0.3 is 9.88 Å². The lowest BCUT2D eigenvalue weighted by molar-refractivity contribution is 0.590. The summed E-state index contributed by atoms with van der Waals surface area (Å²) >= 11 is 0. The zero-order valence-electron chi connectivity index (χ0n) is 12.9. The third kappa shape index (κ3) is 2.84. The molecule has 2 nitrogen and oxygen atoms in total. The highest BCUT2D eigenvalue weighted by Gasteiger charge is 2.11. The average molecular weight is 258 g/mol. The highest BCUT2D eigenvalue weighted by Crippen LogP contribution is 2.26. The molecule has 1 aromatic heterocycles. The summed E-state index contributed by atoms with van der Waals surface area (Å²) in [4.78, 5) is 0. The van der Waals surface area contributed by atoms with E-state index in [-0.39, 0.29) is 0 Å². The molecule has 2 aromatic rings. The summed E-state index contributed by atoms with van der Waals surface area (Å²) in [5.74, 6) is 0. The Labute approximate surface area is 116 Å². The molecule has 1 heterocycles. The third-order valence-electron chi connectivity index (χ3n) is 4.02. The van der Waals surface area contributed by atoms with Crippen LogP contribution in [-0.4, -0.2) is 17.2 Å². The van der Waals surface area contributed by atoms with Gasteiger partial charge in [-0.2, -0.15) is 0 Å². The molecule has 19 heavy (non-hydrogen) atoms. The Bertz CT molecular complexity index is 564. The van der Waals surface area contributed by atoms with E-state index in [0.29, 0.717) is 6.04 Å². The van der Waals surface area contributed by atoms with Crippen molar-refractivity contribution in [2.45, 2.75) is 46.6 Å². The zero-order chi connectivity index (χ0) is 14.0. The lowest BCUT2D eigenvalue weighted by Gasteiger charge is -2.08. The fourth-order valence-electron chi connectivity index (χ4n) is 2.72. The van der Waals surface area contributed by atoms with Gasteiger partial charge in [-0.25, -0.2) is 0 Å². The summed E-state index contributed by atoms with van der Waals surface area (Å²) in [6.45, 7) is 9.90. The van der Waals surface area contributed by atoms with Crippen LogP contribution in [0.4, 0.5) is 0 Å². The van der Waals surface area contributed by atoms with E-state index >= 15 is 0 Å². The molecule has 1 N–H and O–H groups in total.